The van der Waals surface area contributed by atoms with Gasteiger partial charge in [-0.15, -0.1) is 0 Å². The highest BCUT2D eigenvalue weighted by Crippen LogP contribution is 2.51. The zero-order valence-electron chi connectivity index (χ0n) is 12.0. The second-order valence-electron chi connectivity index (χ2n) is 4.96. The quantitative estimate of drug-likeness (QED) is 0.802. The molecule has 0 aromatic heterocycles. The van der Waals surface area contributed by atoms with Crippen LogP contribution < -0.4 is 0 Å². The molecule has 4 heteroatoms. The zero-order valence-corrected chi connectivity index (χ0v) is 12.8. The number of allylic oxidation sites excluding steroid dienone is 7. The monoisotopic (exact) mass is 310 g/mol. The first-order valence-electron chi connectivity index (χ1n) is 6.82. The Kier molecular flexibility index (Phi) is 3.86. The Bertz CT molecular complexity index is 723. The van der Waals surface area contributed by atoms with Crippen LogP contribution in [-0.4, -0.2) is 18.9 Å². The first-order chi connectivity index (χ1) is 10.7. The lowest BCUT2D eigenvalue weighted by Gasteiger charge is -2.29. The predicted molar refractivity (Wildman–Crippen MR) is 86.2 cm³/mol. The lowest BCUT2D eigenvalue weighted by Crippen LogP contribution is -2.25. The lowest BCUT2D eigenvalue weighted by molar-refractivity contribution is -0.136. The van der Waals surface area contributed by atoms with Crippen molar-refractivity contribution in [1.82, 2.24) is 0 Å². The van der Waals surface area contributed by atoms with Crippen molar-refractivity contribution in [1.29, 1.82) is 0 Å². The van der Waals surface area contributed by atoms with Gasteiger partial charge in [-0.25, -0.2) is 4.79 Å². The van der Waals surface area contributed by atoms with E-state index in [0.29, 0.717) is 5.57 Å². The summed E-state index contributed by atoms with van der Waals surface area (Å²) in [5.74, 6) is -0.464. The van der Waals surface area contributed by atoms with E-state index in [1.165, 1.54) is 19.3 Å². The molecule has 0 unspecified atom stereocenters. The second kappa shape index (κ2) is 5.81. The van der Waals surface area contributed by atoms with Crippen molar-refractivity contribution in [2.24, 2.45) is 5.41 Å². The number of ketones is 1. The molecule has 0 saturated carbocycles. The van der Waals surface area contributed by atoms with Crippen LogP contribution in [0.15, 0.2) is 82.2 Å². The number of esters is 1. The fourth-order valence-corrected chi connectivity index (χ4v) is 3.63. The van der Waals surface area contributed by atoms with Crippen molar-refractivity contribution in [3.8, 4) is 0 Å². The third-order valence-electron chi connectivity index (χ3n) is 3.65. The van der Waals surface area contributed by atoms with Crippen LogP contribution in [0.5, 0.6) is 0 Å². The van der Waals surface area contributed by atoms with E-state index in [9.17, 15) is 9.59 Å². The Hall–Kier alpha value is -2.33. The van der Waals surface area contributed by atoms with Crippen molar-refractivity contribution in [3.05, 3.63) is 77.3 Å². The molecule has 0 fully saturated rings. The van der Waals surface area contributed by atoms with Crippen LogP contribution in [0.2, 0.25) is 0 Å². The third-order valence-corrected chi connectivity index (χ3v) is 4.85. The molecule has 1 aromatic rings. The van der Waals surface area contributed by atoms with Crippen molar-refractivity contribution in [2.75, 3.05) is 7.11 Å². The number of rotatable bonds is 3. The normalized spacial score (nSPS) is 18.3. The minimum Gasteiger partial charge on any atom is -0.466 e. The molecule has 2 aliphatic carbocycles. The highest BCUT2D eigenvalue weighted by atomic mass is 32.2. The standard InChI is InChI=1S/C18H14O3S/c1-21-17(20)15-7-8-16(22-14-5-3-2-4-6-14)18(15)11-9-13(19)10-12-18/h2-12H,1H3. The average Bonchev–Trinajstić information content (AvgIpc) is 2.89. The van der Waals surface area contributed by atoms with Gasteiger partial charge in [0.05, 0.1) is 18.1 Å². The van der Waals surface area contributed by atoms with Gasteiger partial charge in [0.1, 0.15) is 0 Å². The molecule has 22 heavy (non-hydrogen) atoms. The molecule has 0 N–H and O–H groups in total. The molecule has 110 valence electrons. The summed E-state index contributed by atoms with van der Waals surface area (Å²) in [7, 11) is 1.36. The molecule has 2 aliphatic rings. The van der Waals surface area contributed by atoms with Crippen LogP contribution in [-0.2, 0) is 14.3 Å². The summed E-state index contributed by atoms with van der Waals surface area (Å²) in [5, 5.41) is 0. The van der Waals surface area contributed by atoms with E-state index in [-0.39, 0.29) is 11.8 Å². The number of carbonyl (C=O) groups excluding carboxylic acids is 2. The number of hydrogen-bond acceptors (Lipinski definition) is 4. The SMILES string of the molecule is COC(=O)C1=CC=C(Sc2ccccc2)C12C=CC(=O)C=C2. The maximum atomic E-state index is 12.1. The maximum absolute atomic E-state index is 12.1. The Morgan fingerprint density at radius 2 is 1.77 bits per heavy atom. The largest absolute Gasteiger partial charge is 0.466 e. The lowest BCUT2D eigenvalue weighted by atomic mass is 9.79. The summed E-state index contributed by atoms with van der Waals surface area (Å²) in [6, 6.07) is 9.91. The zero-order chi connectivity index (χ0) is 15.6. The number of benzene rings is 1. The summed E-state index contributed by atoms with van der Waals surface area (Å²) in [4.78, 5) is 25.6. The van der Waals surface area contributed by atoms with Crippen LogP contribution in [0.25, 0.3) is 0 Å². The van der Waals surface area contributed by atoms with Gasteiger partial charge in [0.15, 0.2) is 5.78 Å². The highest BCUT2D eigenvalue weighted by molar-refractivity contribution is 8.03. The Morgan fingerprint density at radius 1 is 1.09 bits per heavy atom. The van der Waals surface area contributed by atoms with Gasteiger partial charge >= 0.3 is 5.97 Å². The number of carbonyl (C=O) groups is 2. The molecule has 3 rings (SSSR count). The first-order valence-corrected chi connectivity index (χ1v) is 7.64. The van der Waals surface area contributed by atoms with Gasteiger partial charge in [-0.2, -0.15) is 0 Å². The van der Waals surface area contributed by atoms with Crippen LogP contribution >= 0.6 is 11.8 Å². The van der Waals surface area contributed by atoms with Gasteiger partial charge < -0.3 is 4.74 Å². The molecule has 0 heterocycles. The van der Waals surface area contributed by atoms with Gasteiger partial charge in [0, 0.05) is 9.80 Å². The summed E-state index contributed by atoms with van der Waals surface area (Å²) < 4.78 is 4.88. The molecule has 0 atom stereocenters. The molecule has 0 radical (unpaired) electrons. The topological polar surface area (TPSA) is 43.4 Å². The number of ether oxygens (including phenoxy) is 1. The fourth-order valence-electron chi connectivity index (χ4n) is 2.53. The van der Waals surface area contributed by atoms with Gasteiger partial charge in [0.25, 0.3) is 0 Å². The molecule has 1 spiro atoms. The Morgan fingerprint density at radius 3 is 2.41 bits per heavy atom. The Balaban J connectivity index is 1.98. The molecular weight excluding hydrogens is 296 g/mol. The molecular formula is C18H14O3S. The summed E-state index contributed by atoms with van der Waals surface area (Å²) in [6.45, 7) is 0. The molecule has 0 bridgehead atoms. The maximum Gasteiger partial charge on any atom is 0.335 e. The predicted octanol–water partition coefficient (Wildman–Crippen LogP) is 3.46. The van der Waals surface area contributed by atoms with E-state index in [2.05, 4.69) is 0 Å². The van der Waals surface area contributed by atoms with Crippen molar-refractivity contribution in [3.63, 3.8) is 0 Å². The average molecular weight is 310 g/mol. The van der Waals surface area contributed by atoms with E-state index in [4.69, 9.17) is 4.74 Å². The van der Waals surface area contributed by atoms with Gasteiger partial charge in [0.2, 0.25) is 0 Å². The van der Waals surface area contributed by atoms with Crippen LogP contribution in [0.3, 0.4) is 0 Å². The number of thioether (sulfide) groups is 1. The summed E-state index contributed by atoms with van der Waals surface area (Å²) in [6.07, 6.45) is 10.2. The Labute approximate surface area is 133 Å². The fraction of sp³-hybridized carbons (Fsp3) is 0.111. The van der Waals surface area contributed by atoms with Crippen LogP contribution in [0.4, 0.5) is 0 Å². The van der Waals surface area contributed by atoms with Crippen LogP contribution in [0.1, 0.15) is 0 Å². The van der Waals surface area contributed by atoms with E-state index in [0.717, 1.165) is 9.80 Å². The smallest absolute Gasteiger partial charge is 0.335 e. The molecule has 0 aliphatic heterocycles. The first kappa shape index (κ1) is 14.6. The molecule has 0 saturated heterocycles. The van der Waals surface area contributed by atoms with Gasteiger partial charge in [-0.3, -0.25) is 4.79 Å². The second-order valence-corrected chi connectivity index (χ2v) is 6.07. The molecule has 1 aromatic carbocycles. The summed E-state index contributed by atoms with van der Waals surface area (Å²) >= 11 is 1.58. The number of methoxy groups -OCH3 is 1. The van der Waals surface area contributed by atoms with Gasteiger partial charge in [-0.1, -0.05) is 48.2 Å². The molecule has 0 amide bonds. The minimum atomic E-state index is -0.707. The van der Waals surface area contributed by atoms with E-state index in [1.807, 2.05) is 36.4 Å². The van der Waals surface area contributed by atoms with Gasteiger partial charge in [-0.05, 0) is 30.4 Å². The van der Waals surface area contributed by atoms with Crippen molar-refractivity contribution >= 4 is 23.5 Å². The summed E-state index contributed by atoms with van der Waals surface area (Å²) in [5.41, 5.74) is -0.185. The van der Waals surface area contributed by atoms with E-state index in [1.54, 1.807) is 30.0 Å². The van der Waals surface area contributed by atoms with Crippen LogP contribution in [0, 0.1) is 5.41 Å². The highest BCUT2D eigenvalue weighted by Gasteiger charge is 2.42. The minimum absolute atomic E-state index is 0.0780. The van der Waals surface area contributed by atoms with Crippen molar-refractivity contribution < 1.29 is 14.3 Å². The molecule has 3 nitrogen and oxygen atoms in total. The third kappa shape index (κ3) is 2.46. The van der Waals surface area contributed by atoms with E-state index < -0.39 is 5.41 Å². The van der Waals surface area contributed by atoms with E-state index >= 15 is 0 Å². The van der Waals surface area contributed by atoms with Crippen molar-refractivity contribution in [2.45, 2.75) is 4.90 Å². The number of hydrogen-bond donors (Lipinski definition) is 0.